The molecule has 1 aromatic rings. The number of hydrogen-bond donors (Lipinski definition) is 2. The molecule has 0 aliphatic rings. The van der Waals surface area contributed by atoms with Crippen molar-refractivity contribution < 1.29 is 9.90 Å². The molecule has 1 unspecified atom stereocenters. The lowest BCUT2D eigenvalue weighted by atomic mass is 10.1. The molecule has 100 valence electrons. The Morgan fingerprint density at radius 3 is 2.94 bits per heavy atom. The molecule has 0 saturated carbocycles. The number of hydrogen-bond acceptors (Lipinski definition) is 2. The summed E-state index contributed by atoms with van der Waals surface area (Å²) >= 11 is 9.32. The number of nitrogens with one attached hydrogen (secondary N) is 1. The van der Waals surface area contributed by atoms with Crippen molar-refractivity contribution >= 4 is 33.4 Å². The van der Waals surface area contributed by atoms with E-state index in [1.54, 1.807) is 0 Å². The van der Waals surface area contributed by atoms with Gasteiger partial charge in [-0.2, -0.15) is 0 Å². The van der Waals surface area contributed by atoms with Crippen LogP contribution < -0.4 is 5.32 Å². The fraction of sp³-hybridized carbons (Fsp3) is 0.462. The fourth-order valence-corrected chi connectivity index (χ4v) is 2.04. The van der Waals surface area contributed by atoms with Crippen molar-refractivity contribution in [1.82, 2.24) is 5.32 Å². The summed E-state index contributed by atoms with van der Waals surface area (Å²) < 4.78 is 0. The second kappa shape index (κ2) is 7.64. The van der Waals surface area contributed by atoms with Gasteiger partial charge in [0, 0.05) is 11.9 Å². The number of rotatable bonds is 6. The van der Waals surface area contributed by atoms with E-state index >= 15 is 0 Å². The van der Waals surface area contributed by atoms with Gasteiger partial charge in [0.1, 0.15) is 5.75 Å². The van der Waals surface area contributed by atoms with Crippen LogP contribution in [0.3, 0.4) is 0 Å². The molecular weight excluding hydrogens is 318 g/mol. The van der Waals surface area contributed by atoms with E-state index < -0.39 is 0 Å². The first-order valence-corrected chi connectivity index (χ1v) is 7.37. The highest BCUT2D eigenvalue weighted by atomic mass is 79.9. The molecule has 1 atom stereocenters. The highest BCUT2D eigenvalue weighted by molar-refractivity contribution is 9.09. The molecular formula is C13H17BrClNO2. The number of phenols is 1. The van der Waals surface area contributed by atoms with Gasteiger partial charge < -0.3 is 10.4 Å². The van der Waals surface area contributed by atoms with Crippen molar-refractivity contribution in [2.75, 3.05) is 11.9 Å². The van der Waals surface area contributed by atoms with E-state index in [1.807, 2.05) is 0 Å². The van der Waals surface area contributed by atoms with Gasteiger partial charge in [0.05, 0.1) is 10.6 Å². The Morgan fingerprint density at radius 2 is 2.28 bits per heavy atom. The first kappa shape index (κ1) is 15.3. The van der Waals surface area contributed by atoms with Crippen molar-refractivity contribution in [3.05, 3.63) is 28.8 Å². The van der Waals surface area contributed by atoms with Crippen LogP contribution in [-0.2, 0) is 0 Å². The van der Waals surface area contributed by atoms with Crippen LogP contribution >= 0.6 is 27.5 Å². The van der Waals surface area contributed by atoms with Crippen LogP contribution in [0.4, 0.5) is 0 Å². The molecule has 0 fully saturated rings. The lowest BCUT2D eigenvalue weighted by molar-refractivity contribution is 0.0952. The lowest BCUT2D eigenvalue weighted by Gasteiger charge is -2.09. The van der Waals surface area contributed by atoms with Crippen LogP contribution in [0, 0.1) is 5.92 Å². The third-order valence-corrected chi connectivity index (χ3v) is 4.05. The van der Waals surface area contributed by atoms with Gasteiger partial charge in [0.2, 0.25) is 0 Å². The number of phenolic OH excluding ortho intramolecular Hbond substituents is 1. The van der Waals surface area contributed by atoms with Crippen LogP contribution in [0.15, 0.2) is 18.2 Å². The second-order valence-electron chi connectivity index (χ2n) is 4.32. The highest BCUT2D eigenvalue weighted by Crippen LogP contribution is 2.20. The van der Waals surface area contributed by atoms with Gasteiger partial charge in [-0.05, 0) is 37.0 Å². The van der Waals surface area contributed by atoms with E-state index in [4.69, 9.17) is 11.6 Å². The van der Waals surface area contributed by atoms with Crippen LogP contribution in [0.5, 0.6) is 5.75 Å². The van der Waals surface area contributed by atoms with Crippen molar-refractivity contribution in [2.24, 2.45) is 5.92 Å². The van der Waals surface area contributed by atoms with E-state index in [1.165, 1.54) is 18.2 Å². The molecule has 0 aliphatic carbocycles. The molecule has 0 bridgehead atoms. The standard InChI is InChI=1S/C13H17BrClNO2/c1-9(8-14)3-2-6-16-13(18)11-7-10(17)4-5-12(11)15/h4-5,7,9,17H,2-3,6,8H2,1H3,(H,16,18). The molecule has 0 aromatic heterocycles. The smallest absolute Gasteiger partial charge is 0.252 e. The number of alkyl halides is 1. The molecule has 0 aliphatic heterocycles. The molecule has 2 N–H and O–H groups in total. The minimum absolute atomic E-state index is 0.0393. The number of amides is 1. The fourth-order valence-electron chi connectivity index (χ4n) is 1.51. The SMILES string of the molecule is CC(CBr)CCCNC(=O)c1cc(O)ccc1Cl. The third kappa shape index (κ3) is 4.86. The molecule has 0 radical (unpaired) electrons. The maximum atomic E-state index is 11.8. The molecule has 1 rings (SSSR count). The van der Waals surface area contributed by atoms with Gasteiger partial charge in [0.15, 0.2) is 0 Å². The van der Waals surface area contributed by atoms with Crippen LogP contribution in [0.1, 0.15) is 30.1 Å². The Kier molecular flexibility index (Phi) is 6.50. The van der Waals surface area contributed by atoms with Gasteiger partial charge in [-0.15, -0.1) is 0 Å². The third-order valence-electron chi connectivity index (χ3n) is 2.62. The number of carbonyl (C=O) groups is 1. The van der Waals surface area contributed by atoms with Crippen molar-refractivity contribution in [3.63, 3.8) is 0 Å². The van der Waals surface area contributed by atoms with Crippen molar-refractivity contribution in [2.45, 2.75) is 19.8 Å². The minimum Gasteiger partial charge on any atom is -0.508 e. The van der Waals surface area contributed by atoms with Gasteiger partial charge in [-0.25, -0.2) is 0 Å². The number of benzene rings is 1. The lowest BCUT2D eigenvalue weighted by Crippen LogP contribution is -2.25. The molecule has 1 aromatic carbocycles. The van der Waals surface area contributed by atoms with Gasteiger partial charge in [-0.3, -0.25) is 4.79 Å². The Hall–Kier alpha value is -0.740. The molecule has 5 heteroatoms. The number of aromatic hydroxyl groups is 1. The summed E-state index contributed by atoms with van der Waals surface area (Å²) in [7, 11) is 0. The molecule has 3 nitrogen and oxygen atoms in total. The van der Waals surface area contributed by atoms with Crippen molar-refractivity contribution in [3.8, 4) is 5.75 Å². The zero-order valence-corrected chi connectivity index (χ0v) is 12.6. The Bertz CT molecular complexity index is 412. The summed E-state index contributed by atoms with van der Waals surface area (Å²) in [6.07, 6.45) is 1.98. The first-order chi connectivity index (χ1) is 8.54. The zero-order chi connectivity index (χ0) is 13.5. The normalized spacial score (nSPS) is 12.2. The molecule has 0 spiro atoms. The Balaban J connectivity index is 2.43. The van der Waals surface area contributed by atoms with E-state index in [0.717, 1.165) is 18.2 Å². The maximum absolute atomic E-state index is 11.8. The Labute approximate surface area is 121 Å². The average Bonchev–Trinajstić information content (AvgIpc) is 2.36. The van der Waals surface area contributed by atoms with Crippen molar-refractivity contribution in [1.29, 1.82) is 0 Å². The summed E-state index contributed by atoms with van der Waals surface area (Å²) in [6, 6.07) is 4.34. The minimum atomic E-state index is -0.248. The quantitative estimate of drug-likeness (QED) is 0.617. The Morgan fingerprint density at radius 1 is 1.56 bits per heavy atom. The van der Waals surface area contributed by atoms with Crippen LogP contribution in [0.2, 0.25) is 5.02 Å². The van der Waals surface area contributed by atoms with Crippen LogP contribution in [-0.4, -0.2) is 22.9 Å². The van der Waals surface area contributed by atoms with E-state index in [9.17, 15) is 9.90 Å². The topological polar surface area (TPSA) is 49.3 Å². The molecule has 0 heterocycles. The first-order valence-electron chi connectivity index (χ1n) is 5.87. The predicted octanol–water partition coefficient (Wildman–Crippen LogP) is 3.59. The monoisotopic (exact) mass is 333 g/mol. The molecule has 1 amide bonds. The summed E-state index contributed by atoms with van der Waals surface area (Å²) in [5.41, 5.74) is 0.310. The van der Waals surface area contributed by atoms with Gasteiger partial charge in [-0.1, -0.05) is 34.5 Å². The van der Waals surface area contributed by atoms with Gasteiger partial charge >= 0.3 is 0 Å². The summed E-state index contributed by atoms with van der Waals surface area (Å²) in [5, 5.41) is 13.4. The molecule has 0 saturated heterocycles. The second-order valence-corrected chi connectivity index (χ2v) is 5.38. The maximum Gasteiger partial charge on any atom is 0.252 e. The highest BCUT2D eigenvalue weighted by Gasteiger charge is 2.10. The average molecular weight is 335 g/mol. The zero-order valence-electron chi connectivity index (χ0n) is 10.2. The number of halogens is 2. The largest absolute Gasteiger partial charge is 0.508 e. The summed E-state index contributed by atoms with van der Waals surface area (Å²) in [6.45, 7) is 2.77. The predicted molar refractivity (Wildman–Crippen MR) is 77.6 cm³/mol. The van der Waals surface area contributed by atoms with E-state index in [2.05, 4.69) is 28.2 Å². The van der Waals surface area contributed by atoms with Crippen LogP contribution in [0.25, 0.3) is 0 Å². The van der Waals surface area contributed by atoms with E-state index in [0.29, 0.717) is 23.0 Å². The van der Waals surface area contributed by atoms with E-state index in [-0.39, 0.29) is 11.7 Å². The summed E-state index contributed by atoms with van der Waals surface area (Å²) in [4.78, 5) is 11.8. The summed E-state index contributed by atoms with van der Waals surface area (Å²) in [5.74, 6) is 0.395. The molecule has 18 heavy (non-hydrogen) atoms. The van der Waals surface area contributed by atoms with Gasteiger partial charge in [0.25, 0.3) is 5.91 Å². The number of carbonyl (C=O) groups excluding carboxylic acids is 1.